The van der Waals surface area contributed by atoms with Crippen LogP contribution in [-0.4, -0.2) is 19.5 Å². The van der Waals surface area contributed by atoms with Crippen LogP contribution >= 0.6 is 0 Å². The molecule has 0 fully saturated rings. The number of para-hydroxylation sites is 2. The van der Waals surface area contributed by atoms with Crippen molar-refractivity contribution in [3.8, 4) is 73.2 Å². The Labute approximate surface area is 357 Å². The van der Waals surface area contributed by atoms with Crippen LogP contribution in [0.1, 0.15) is 0 Å². The minimum atomic E-state index is 0.547. The average Bonchev–Trinajstić information content (AvgIpc) is 3.89. The predicted molar refractivity (Wildman–Crippen MR) is 254 cm³/mol. The van der Waals surface area contributed by atoms with Crippen molar-refractivity contribution in [3.05, 3.63) is 218 Å². The first-order valence-electron chi connectivity index (χ1n) is 20.8. The highest BCUT2D eigenvalue weighted by Crippen LogP contribution is 2.41. The minimum absolute atomic E-state index is 0.547. The van der Waals surface area contributed by atoms with Crippen molar-refractivity contribution in [1.82, 2.24) is 19.5 Å². The summed E-state index contributed by atoms with van der Waals surface area (Å²) < 4.78 is 9.28. The van der Waals surface area contributed by atoms with Crippen LogP contribution in [0, 0.1) is 0 Å². The fourth-order valence-electron chi connectivity index (χ4n) is 8.81. The van der Waals surface area contributed by atoms with E-state index in [9.17, 15) is 0 Å². The van der Waals surface area contributed by atoms with E-state index in [0.717, 1.165) is 83.0 Å². The highest BCUT2D eigenvalue weighted by atomic mass is 16.3. The van der Waals surface area contributed by atoms with E-state index < -0.39 is 0 Å². The zero-order valence-electron chi connectivity index (χ0n) is 33.5. The summed E-state index contributed by atoms with van der Waals surface area (Å²) in [6.07, 6.45) is 0. The second-order valence-electron chi connectivity index (χ2n) is 15.6. The molecule has 3 heterocycles. The molecule has 12 rings (SSSR count). The Kier molecular flexibility index (Phi) is 8.42. The van der Waals surface area contributed by atoms with Gasteiger partial charge in [0.1, 0.15) is 11.2 Å². The Morgan fingerprint density at radius 1 is 0.306 bits per heavy atom. The molecule has 0 aliphatic carbocycles. The summed E-state index contributed by atoms with van der Waals surface area (Å²) in [5, 5.41) is 4.39. The molecule has 0 aliphatic heterocycles. The van der Waals surface area contributed by atoms with Crippen molar-refractivity contribution in [3.63, 3.8) is 0 Å². The van der Waals surface area contributed by atoms with Gasteiger partial charge in [-0.2, -0.15) is 0 Å². The van der Waals surface area contributed by atoms with Crippen molar-refractivity contribution >= 4 is 43.7 Å². The lowest BCUT2D eigenvalue weighted by Gasteiger charge is -2.10. The zero-order chi connectivity index (χ0) is 41.0. The number of fused-ring (bicyclic) bond motifs is 6. The van der Waals surface area contributed by atoms with E-state index in [1.54, 1.807) is 0 Å². The van der Waals surface area contributed by atoms with Crippen molar-refractivity contribution in [2.45, 2.75) is 0 Å². The lowest BCUT2D eigenvalue weighted by Crippen LogP contribution is -2.00. The summed E-state index contributed by atoms with van der Waals surface area (Å²) >= 11 is 0. The molecule has 5 heteroatoms. The van der Waals surface area contributed by atoms with Crippen LogP contribution in [0.4, 0.5) is 0 Å². The molecule has 12 aromatic rings. The Balaban J connectivity index is 1.02. The standard InChI is InChI=1S/C57H36N4O/c1-4-14-37(15-5-1)40-26-30-42(31-27-40)55-58-56(43-32-28-41(29-33-43)38-16-6-2-7-17-38)60-57(59-55)48-24-13-23-47-50-35-49-46-22-10-11-25-51(46)61(52(49)36-53(50)62-54(47)48)45-21-12-20-44(34-45)39-18-8-3-9-19-39/h1-36H. The number of hydrogen-bond acceptors (Lipinski definition) is 4. The molecule has 0 radical (unpaired) electrons. The maximum Gasteiger partial charge on any atom is 0.167 e. The number of hydrogen-bond donors (Lipinski definition) is 0. The lowest BCUT2D eigenvalue weighted by molar-refractivity contribution is 0.670. The predicted octanol–water partition coefficient (Wildman–Crippen LogP) is 14.9. The molecule has 5 nitrogen and oxygen atoms in total. The van der Waals surface area contributed by atoms with E-state index >= 15 is 0 Å². The van der Waals surface area contributed by atoms with E-state index in [2.05, 4.69) is 211 Å². The van der Waals surface area contributed by atoms with Gasteiger partial charge in [0.25, 0.3) is 0 Å². The van der Waals surface area contributed by atoms with Gasteiger partial charge in [-0.05, 0) is 63.7 Å². The third-order valence-electron chi connectivity index (χ3n) is 11.9. The SMILES string of the molecule is c1ccc(-c2ccc(-c3nc(-c4ccc(-c5ccccc5)cc4)nc(-c4cccc5c4oc4cc6c(cc45)c4ccccc4n6-c4cccc(-c5ccccc5)c4)n3)cc2)cc1. The molecule has 290 valence electrons. The summed E-state index contributed by atoms with van der Waals surface area (Å²) in [4.78, 5) is 15.4. The van der Waals surface area contributed by atoms with Crippen LogP contribution in [0.3, 0.4) is 0 Å². The van der Waals surface area contributed by atoms with E-state index in [-0.39, 0.29) is 0 Å². The number of nitrogens with zero attached hydrogens (tertiary/aromatic N) is 4. The first kappa shape index (κ1) is 35.5. The molecule has 0 saturated carbocycles. The fraction of sp³-hybridized carbons (Fsp3) is 0. The van der Waals surface area contributed by atoms with Gasteiger partial charge in [-0.3, -0.25) is 0 Å². The molecule has 0 N–H and O–H groups in total. The molecule has 3 aromatic heterocycles. The van der Waals surface area contributed by atoms with E-state index in [1.165, 1.54) is 16.5 Å². The topological polar surface area (TPSA) is 56.7 Å². The van der Waals surface area contributed by atoms with Crippen LogP contribution < -0.4 is 0 Å². The number of furan rings is 1. The van der Waals surface area contributed by atoms with Gasteiger partial charge < -0.3 is 8.98 Å². The molecule has 9 aromatic carbocycles. The van der Waals surface area contributed by atoms with Gasteiger partial charge in [0.05, 0.1) is 16.6 Å². The smallest absolute Gasteiger partial charge is 0.167 e. The van der Waals surface area contributed by atoms with Gasteiger partial charge in [0, 0.05) is 44.4 Å². The van der Waals surface area contributed by atoms with Crippen LogP contribution in [0.25, 0.3) is 117 Å². The maximum absolute atomic E-state index is 6.93. The lowest BCUT2D eigenvalue weighted by atomic mass is 10.0. The molecule has 0 saturated heterocycles. The van der Waals surface area contributed by atoms with E-state index in [0.29, 0.717) is 17.5 Å². The normalized spacial score (nSPS) is 11.5. The summed E-state index contributed by atoms with van der Waals surface area (Å²) in [5.74, 6) is 1.73. The molecule has 0 bridgehead atoms. The van der Waals surface area contributed by atoms with E-state index in [1.807, 2.05) is 12.1 Å². The number of benzene rings is 9. The summed E-state index contributed by atoms with van der Waals surface area (Å²) in [6, 6.07) is 76.3. The first-order valence-corrected chi connectivity index (χ1v) is 20.8. The second-order valence-corrected chi connectivity index (χ2v) is 15.6. The van der Waals surface area contributed by atoms with Crippen LogP contribution in [0.15, 0.2) is 223 Å². The quantitative estimate of drug-likeness (QED) is 0.161. The van der Waals surface area contributed by atoms with Crippen molar-refractivity contribution in [1.29, 1.82) is 0 Å². The molecule has 0 unspecified atom stereocenters. The monoisotopic (exact) mass is 792 g/mol. The Bertz CT molecular complexity index is 3490. The maximum atomic E-state index is 6.93. The number of aromatic nitrogens is 4. The molecule has 0 aliphatic rings. The minimum Gasteiger partial charge on any atom is -0.455 e. The third-order valence-corrected chi connectivity index (χ3v) is 11.9. The van der Waals surface area contributed by atoms with Gasteiger partial charge >= 0.3 is 0 Å². The summed E-state index contributed by atoms with van der Waals surface area (Å²) in [6.45, 7) is 0. The second kappa shape index (κ2) is 14.7. The Morgan fingerprint density at radius 2 is 0.790 bits per heavy atom. The number of rotatable bonds is 7. The zero-order valence-corrected chi connectivity index (χ0v) is 33.5. The molecule has 62 heavy (non-hydrogen) atoms. The van der Waals surface area contributed by atoms with Crippen molar-refractivity contribution < 1.29 is 4.42 Å². The van der Waals surface area contributed by atoms with Crippen LogP contribution in [0.2, 0.25) is 0 Å². The Morgan fingerprint density at radius 3 is 1.42 bits per heavy atom. The highest BCUT2D eigenvalue weighted by molar-refractivity contribution is 6.18. The van der Waals surface area contributed by atoms with Crippen molar-refractivity contribution in [2.75, 3.05) is 0 Å². The van der Waals surface area contributed by atoms with Gasteiger partial charge in [0.15, 0.2) is 17.5 Å². The van der Waals surface area contributed by atoms with Gasteiger partial charge in [-0.1, -0.05) is 182 Å². The average molecular weight is 793 g/mol. The van der Waals surface area contributed by atoms with Gasteiger partial charge in [0.2, 0.25) is 0 Å². The van der Waals surface area contributed by atoms with Crippen LogP contribution in [-0.2, 0) is 0 Å². The van der Waals surface area contributed by atoms with Gasteiger partial charge in [-0.15, -0.1) is 0 Å². The molecular formula is C57H36N4O. The summed E-state index contributed by atoms with van der Waals surface area (Å²) in [5.41, 5.74) is 14.4. The van der Waals surface area contributed by atoms with E-state index in [4.69, 9.17) is 19.4 Å². The largest absolute Gasteiger partial charge is 0.455 e. The van der Waals surface area contributed by atoms with Crippen LogP contribution in [0.5, 0.6) is 0 Å². The molecule has 0 amide bonds. The molecular weight excluding hydrogens is 757 g/mol. The van der Waals surface area contributed by atoms with Crippen molar-refractivity contribution in [2.24, 2.45) is 0 Å². The molecule has 0 spiro atoms. The summed E-state index contributed by atoms with van der Waals surface area (Å²) in [7, 11) is 0. The fourth-order valence-corrected chi connectivity index (χ4v) is 8.81. The Hall–Kier alpha value is -8.41. The third kappa shape index (κ3) is 6.14. The molecule has 0 atom stereocenters. The van der Waals surface area contributed by atoms with Gasteiger partial charge in [-0.25, -0.2) is 15.0 Å². The first-order chi connectivity index (χ1) is 30.7. The highest BCUT2D eigenvalue weighted by Gasteiger charge is 2.21.